The fourth-order valence-corrected chi connectivity index (χ4v) is 5.26. The highest BCUT2D eigenvalue weighted by atomic mass is 31.2. The summed E-state index contributed by atoms with van der Waals surface area (Å²) in [6, 6.07) is 0. The number of rotatable bonds is 34. The van der Waals surface area contributed by atoms with Crippen LogP contribution in [-0.4, -0.2) is 82.9 Å². The Morgan fingerprint density at radius 1 is 0.679 bits per heavy atom. The molecule has 0 aromatic heterocycles. The molecule has 0 spiro atoms. The number of hydrogen-bond acceptors (Lipinski definition) is 11. The van der Waals surface area contributed by atoms with Gasteiger partial charge in [-0.3, -0.25) is 18.6 Å². The molecule has 0 saturated heterocycles. The van der Waals surface area contributed by atoms with E-state index in [-0.39, 0.29) is 38.8 Å². The zero-order chi connectivity index (χ0) is 41.5. The van der Waals surface area contributed by atoms with Crippen LogP contribution >= 0.6 is 7.82 Å². The second kappa shape index (κ2) is 37.1. The van der Waals surface area contributed by atoms with Gasteiger partial charge in [0.1, 0.15) is 6.61 Å². The SMILES string of the molecule is CC/C=C\C/C=C\C/C=C\C/C=C\CCCCC(=O)O[C@H](COC(=O)CCC[C@H](O)[C@@H](O)\C=C/C=C\C=C\C=C\[C@H](O)C/C=C\CC)COP(=O)(O)OCCN. The van der Waals surface area contributed by atoms with E-state index in [1.165, 1.54) is 6.08 Å². The fourth-order valence-electron chi connectivity index (χ4n) is 4.49. The summed E-state index contributed by atoms with van der Waals surface area (Å²) in [4.78, 5) is 34.8. The summed E-state index contributed by atoms with van der Waals surface area (Å²) in [6.07, 6.45) is 37.9. The molecule has 316 valence electrons. The van der Waals surface area contributed by atoms with Gasteiger partial charge in [0.05, 0.1) is 31.5 Å². The van der Waals surface area contributed by atoms with E-state index in [1.807, 2.05) is 19.1 Å². The Balaban J connectivity index is 4.65. The third-order valence-corrected chi connectivity index (χ3v) is 8.48. The van der Waals surface area contributed by atoms with Gasteiger partial charge in [0.25, 0.3) is 0 Å². The van der Waals surface area contributed by atoms with E-state index in [2.05, 4.69) is 55.5 Å². The molecule has 0 saturated carbocycles. The minimum absolute atomic E-state index is 0.00941. The van der Waals surface area contributed by atoms with Crippen molar-refractivity contribution in [1.82, 2.24) is 0 Å². The second-order valence-corrected chi connectivity index (χ2v) is 14.1. The van der Waals surface area contributed by atoms with Gasteiger partial charge >= 0.3 is 19.8 Å². The fraction of sp³-hybridized carbons (Fsp3) is 0.535. The first-order valence-electron chi connectivity index (χ1n) is 19.7. The van der Waals surface area contributed by atoms with E-state index in [4.69, 9.17) is 24.3 Å². The standard InChI is InChI=1S/C43H68NO11P/c1-3-5-7-8-9-10-11-12-13-14-15-16-17-22-26-32-43(49)55-39(37-54-56(50,51)53-35-34-44)36-52-42(48)33-27-31-41(47)40(46)30-25-21-19-18-20-24-29-38(45)28-23-6-4-2/h5-7,9-10,12-13,15-16,18-21,23-25,29-30,38-41,45-47H,3-4,8,11,14,17,22,26-28,31-37,44H2,1-2H3,(H,50,51)/b7-5-,10-9-,13-12-,16-15-,20-18+,21-19-,23-6-,29-24+,30-25-/t38-,39-,40+,41+/m1/s1. The summed E-state index contributed by atoms with van der Waals surface area (Å²) in [5.74, 6) is -1.23. The number of esters is 2. The molecule has 0 rings (SSSR count). The topological polar surface area (TPSA) is 195 Å². The molecule has 0 aliphatic rings. The molecule has 0 aliphatic carbocycles. The zero-order valence-electron chi connectivity index (χ0n) is 33.4. The van der Waals surface area contributed by atoms with Crippen LogP contribution in [0.15, 0.2) is 109 Å². The average molecular weight is 806 g/mol. The maximum absolute atomic E-state index is 12.5. The Bertz CT molecular complexity index is 1330. The van der Waals surface area contributed by atoms with Crippen molar-refractivity contribution >= 4 is 19.8 Å². The molecule has 0 bridgehead atoms. The zero-order valence-corrected chi connectivity index (χ0v) is 34.3. The summed E-state index contributed by atoms with van der Waals surface area (Å²) in [5.41, 5.74) is 5.31. The number of allylic oxidation sites excluding steroid dienone is 15. The smallest absolute Gasteiger partial charge is 0.462 e. The molecular weight excluding hydrogens is 737 g/mol. The number of hydrogen-bond donors (Lipinski definition) is 5. The van der Waals surface area contributed by atoms with Crippen LogP contribution in [-0.2, 0) is 32.7 Å². The number of carbonyl (C=O) groups excluding carboxylic acids is 2. The largest absolute Gasteiger partial charge is 0.472 e. The summed E-state index contributed by atoms with van der Waals surface area (Å²) in [5, 5.41) is 30.3. The number of ether oxygens (including phenoxy) is 2. The number of phosphoric ester groups is 1. The molecule has 1 unspecified atom stereocenters. The van der Waals surface area contributed by atoms with Crippen molar-refractivity contribution in [3.63, 3.8) is 0 Å². The van der Waals surface area contributed by atoms with Crippen LogP contribution in [0.2, 0.25) is 0 Å². The van der Waals surface area contributed by atoms with E-state index in [0.29, 0.717) is 12.8 Å². The van der Waals surface area contributed by atoms with Crippen molar-refractivity contribution in [2.24, 2.45) is 5.73 Å². The normalized spacial score (nSPS) is 16.2. The third kappa shape index (κ3) is 35.0. The van der Waals surface area contributed by atoms with Gasteiger partial charge in [-0.15, -0.1) is 0 Å². The van der Waals surface area contributed by atoms with Crippen LogP contribution in [0, 0.1) is 0 Å². The molecule has 0 aromatic rings. The number of nitrogens with two attached hydrogens (primary N) is 1. The molecule has 0 aliphatic heterocycles. The van der Waals surface area contributed by atoms with E-state index in [0.717, 1.165) is 44.9 Å². The Kier molecular flexibility index (Phi) is 34.9. The third-order valence-electron chi connectivity index (χ3n) is 7.50. The van der Waals surface area contributed by atoms with Crippen LogP contribution in [0.3, 0.4) is 0 Å². The number of carbonyl (C=O) groups is 2. The van der Waals surface area contributed by atoms with E-state index in [9.17, 15) is 34.4 Å². The summed E-state index contributed by atoms with van der Waals surface area (Å²) < 4.78 is 32.4. The monoisotopic (exact) mass is 805 g/mol. The molecule has 5 atom stereocenters. The first kappa shape index (κ1) is 52.6. The van der Waals surface area contributed by atoms with Crippen LogP contribution < -0.4 is 5.73 Å². The molecule has 12 nitrogen and oxygen atoms in total. The van der Waals surface area contributed by atoms with Gasteiger partial charge in [-0.05, 0) is 70.6 Å². The van der Waals surface area contributed by atoms with Gasteiger partial charge in [-0.25, -0.2) is 4.57 Å². The lowest BCUT2D eigenvalue weighted by atomic mass is 10.1. The number of phosphoric acid groups is 1. The van der Waals surface area contributed by atoms with Gasteiger partial charge in [0.2, 0.25) is 0 Å². The second-order valence-electron chi connectivity index (χ2n) is 12.6. The molecule has 0 radical (unpaired) electrons. The van der Waals surface area contributed by atoms with Gasteiger partial charge < -0.3 is 35.4 Å². The van der Waals surface area contributed by atoms with Crippen molar-refractivity contribution in [3.8, 4) is 0 Å². The van der Waals surface area contributed by atoms with Gasteiger partial charge in [-0.1, -0.05) is 123 Å². The summed E-state index contributed by atoms with van der Waals surface area (Å²) in [6.45, 7) is 2.93. The van der Waals surface area contributed by atoms with Gasteiger partial charge in [0.15, 0.2) is 6.10 Å². The van der Waals surface area contributed by atoms with Crippen molar-refractivity contribution in [2.45, 2.75) is 122 Å². The van der Waals surface area contributed by atoms with Gasteiger partial charge in [-0.2, -0.15) is 0 Å². The van der Waals surface area contributed by atoms with E-state index < -0.39 is 57.4 Å². The van der Waals surface area contributed by atoms with Crippen LogP contribution in [0.5, 0.6) is 0 Å². The van der Waals surface area contributed by atoms with Crippen molar-refractivity contribution < 1.29 is 52.9 Å². The molecule has 6 N–H and O–H groups in total. The number of aliphatic hydroxyl groups is 3. The molecule has 56 heavy (non-hydrogen) atoms. The number of unbranched alkanes of at least 4 members (excludes halogenated alkanes) is 2. The molecule has 0 amide bonds. The molecule has 0 fully saturated rings. The minimum atomic E-state index is -4.48. The summed E-state index contributed by atoms with van der Waals surface area (Å²) >= 11 is 0. The molecule has 0 heterocycles. The highest BCUT2D eigenvalue weighted by molar-refractivity contribution is 7.47. The highest BCUT2D eigenvalue weighted by Gasteiger charge is 2.26. The first-order chi connectivity index (χ1) is 27.0. The summed E-state index contributed by atoms with van der Waals surface area (Å²) in [7, 11) is -4.48. The lowest BCUT2D eigenvalue weighted by Crippen LogP contribution is -2.30. The minimum Gasteiger partial charge on any atom is -0.462 e. The Hall–Kier alpha value is -3.45. The van der Waals surface area contributed by atoms with E-state index in [1.54, 1.807) is 42.5 Å². The van der Waals surface area contributed by atoms with E-state index >= 15 is 0 Å². The number of aliphatic hydroxyl groups excluding tert-OH is 3. The maximum atomic E-state index is 12.5. The Labute approximate surface area is 335 Å². The predicted octanol–water partition coefficient (Wildman–Crippen LogP) is 7.73. The lowest BCUT2D eigenvalue weighted by Gasteiger charge is -2.20. The van der Waals surface area contributed by atoms with Crippen LogP contribution in [0.4, 0.5) is 0 Å². The van der Waals surface area contributed by atoms with Crippen LogP contribution in [0.1, 0.15) is 97.3 Å². The van der Waals surface area contributed by atoms with Crippen molar-refractivity contribution in [2.75, 3.05) is 26.4 Å². The van der Waals surface area contributed by atoms with Gasteiger partial charge in [0, 0.05) is 19.4 Å². The molecule has 13 heteroatoms. The maximum Gasteiger partial charge on any atom is 0.472 e. The average Bonchev–Trinajstić information content (AvgIpc) is 3.17. The molecule has 0 aromatic carbocycles. The van der Waals surface area contributed by atoms with Crippen molar-refractivity contribution in [3.05, 3.63) is 109 Å². The van der Waals surface area contributed by atoms with Crippen molar-refractivity contribution in [1.29, 1.82) is 0 Å². The Morgan fingerprint density at radius 3 is 1.89 bits per heavy atom. The lowest BCUT2D eigenvalue weighted by molar-refractivity contribution is -0.161. The molecular formula is C43H68NO11P. The predicted molar refractivity (Wildman–Crippen MR) is 223 cm³/mol. The Morgan fingerprint density at radius 2 is 1.25 bits per heavy atom. The first-order valence-corrected chi connectivity index (χ1v) is 21.2. The van der Waals surface area contributed by atoms with Crippen LogP contribution in [0.25, 0.3) is 0 Å². The quantitative estimate of drug-likeness (QED) is 0.0140. The highest BCUT2D eigenvalue weighted by Crippen LogP contribution is 2.43.